The molecule has 0 rings (SSSR count). The molecule has 0 aliphatic carbocycles. The number of hydrogen-bond donors (Lipinski definition) is 0. The summed E-state index contributed by atoms with van der Waals surface area (Å²) in [4.78, 5) is 38.0. The van der Waals surface area contributed by atoms with Crippen LogP contribution < -0.4 is 0 Å². The van der Waals surface area contributed by atoms with Gasteiger partial charge in [-0.05, 0) is 19.3 Å². The first-order valence-corrected chi connectivity index (χ1v) is 27.5. The highest BCUT2D eigenvalue weighted by Gasteiger charge is 2.19. The molecule has 1 atom stereocenters. The van der Waals surface area contributed by atoms with E-state index in [0.717, 1.165) is 57.8 Å². The molecule has 0 aliphatic heterocycles. The maximum Gasteiger partial charge on any atom is 0.306 e. The predicted octanol–water partition coefficient (Wildman–Crippen LogP) is 18.0. The molecule has 0 fully saturated rings. The van der Waals surface area contributed by atoms with Gasteiger partial charge in [-0.25, -0.2) is 0 Å². The molecule has 6 nitrogen and oxygen atoms in total. The Hall–Kier alpha value is -1.59. The molecule has 0 radical (unpaired) electrons. The second kappa shape index (κ2) is 51.0. The molecule has 0 bridgehead atoms. The third kappa shape index (κ3) is 49.3. The average molecular weight is 863 g/mol. The Morgan fingerprint density at radius 1 is 0.262 bits per heavy atom. The van der Waals surface area contributed by atoms with Crippen LogP contribution in [0.1, 0.15) is 316 Å². The number of esters is 3. The highest BCUT2D eigenvalue weighted by atomic mass is 16.6. The van der Waals surface area contributed by atoms with Crippen LogP contribution in [0.3, 0.4) is 0 Å². The Bertz CT molecular complexity index is 905. The van der Waals surface area contributed by atoms with Gasteiger partial charge < -0.3 is 14.2 Å². The lowest BCUT2D eigenvalue weighted by Gasteiger charge is -2.18. The molecule has 61 heavy (non-hydrogen) atoms. The summed E-state index contributed by atoms with van der Waals surface area (Å²) in [5, 5.41) is 0. The SMILES string of the molecule is CCCCCCCCCCCCCCCCCCC(=O)OC[C@H](COC(=O)CCCCCCCCCCCCCC)OC(=O)CCCCCCCCCCCCCCCCC. The third-order valence-electron chi connectivity index (χ3n) is 12.6. The van der Waals surface area contributed by atoms with Gasteiger partial charge in [0.1, 0.15) is 13.2 Å². The van der Waals surface area contributed by atoms with E-state index in [0.29, 0.717) is 19.3 Å². The topological polar surface area (TPSA) is 78.9 Å². The van der Waals surface area contributed by atoms with Crippen molar-refractivity contribution in [2.45, 2.75) is 322 Å². The van der Waals surface area contributed by atoms with Gasteiger partial charge >= 0.3 is 17.9 Å². The van der Waals surface area contributed by atoms with E-state index >= 15 is 0 Å². The normalized spacial score (nSPS) is 11.9. The molecule has 0 unspecified atom stereocenters. The van der Waals surface area contributed by atoms with Gasteiger partial charge in [0.05, 0.1) is 0 Å². The molecule has 0 aromatic rings. The maximum atomic E-state index is 12.8. The Labute approximate surface area is 380 Å². The second-order valence-electron chi connectivity index (χ2n) is 18.9. The summed E-state index contributed by atoms with van der Waals surface area (Å²) >= 11 is 0. The smallest absolute Gasteiger partial charge is 0.306 e. The number of hydrogen-bond acceptors (Lipinski definition) is 6. The molecule has 0 aliphatic rings. The van der Waals surface area contributed by atoms with Crippen LogP contribution in [0.4, 0.5) is 0 Å². The molecule has 0 aromatic carbocycles. The van der Waals surface area contributed by atoms with Crippen LogP contribution >= 0.6 is 0 Å². The van der Waals surface area contributed by atoms with Gasteiger partial charge in [-0.2, -0.15) is 0 Å². The summed E-state index contributed by atoms with van der Waals surface area (Å²) < 4.78 is 16.8. The van der Waals surface area contributed by atoms with Crippen LogP contribution in [0.2, 0.25) is 0 Å². The van der Waals surface area contributed by atoms with Gasteiger partial charge in [-0.3, -0.25) is 14.4 Å². The monoisotopic (exact) mass is 863 g/mol. The zero-order valence-electron chi connectivity index (χ0n) is 41.5. The van der Waals surface area contributed by atoms with Gasteiger partial charge in [0.2, 0.25) is 0 Å². The van der Waals surface area contributed by atoms with E-state index in [1.165, 1.54) is 218 Å². The molecule has 6 heteroatoms. The molecule has 0 spiro atoms. The van der Waals surface area contributed by atoms with Crippen molar-refractivity contribution in [2.24, 2.45) is 0 Å². The van der Waals surface area contributed by atoms with E-state index in [2.05, 4.69) is 20.8 Å². The van der Waals surface area contributed by atoms with Crippen LogP contribution in [-0.4, -0.2) is 37.2 Å². The van der Waals surface area contributed by atoms with E-state index in [1.54, 1.807) is 0 Å². The number of ether oxygens (including phenoxy) is 3. The van der Waals surface area contributed by atoms with Crippen molar-refractivity contribution in [2.75, 3.05) is 13.2 Å². The minimum Gasteiger partial charge on any atom is -0.462 e. The maximum absolute atomic E-state index is 12.8. The lowest BCUT2D eigenvalue weighted by molar-refractivity contribution is -0.167. The highest BCUT2D eigenvalue weighted by Crippen LogP contribution is 2.17. The predicted molar refractivity (Wildman–Crippen MR) is 261 cm³/mol. The first-order chi connectivity index (χ1) is 30.0. The molecule has 0 saturated carbocycles. The fraction of sp³-hybridized carbons (Fsp3) is 0.945. The summed E-state index contributed by atoms with van der Waals surface area (Å²) in [5.74, 6) is -0.836. The molecule has 0 heterocycles. The van der Waals surface area contributed by atoms with Crippen molar-refractivity contribution in [3.63, 3.8) is 0 Å². The Morgan fingerprint density at radius 3 is 0.656 bits per heavy atom. The van der Waals surface area contributed by atoms with E-state index in [-0.39, 0.29) is 31.1 Å². The van der Waals surface area contributed by atoms with E-state index in [1.807, 2.05) is 0 Å². The van der Waals surface area contributed by atoms with Crippen molar-refractivity contribution in [1.82, 2.24) is 0 Å². The fourth-order valence-corrected chi connectivity index (χ4v) is 8.45. The van der Waals surface area contributed by atoms with Gasteiger partial charge in [0.25, 0.3) is 0 Å². The van der Waals surface area contributed by atoms with E-state index in [4.69, 9.17) is 14.2 Å². The molecule has 0 N–H and O–H groups in total. The van der Waals surface area contributed by atoms with Gasteiger partial charge in [-0.1, -0.05) is 278 Å². The molecular weight excluding hydrogens is 757 g/mol. The lowest BCUT2D eigenvalue weighted by atomic mass is 10.0. The van der Waals surface area contributed by atoms with Crippen molar-refractivity contribution in [3.05, 3.63) is 0 Å². The van der Waals surface area contributed by atoms with Crippen molar-refractivity contribution >= 4 is 17.9 Å². The van der Waals surface area contributed by atoms with Crippen molar-refractivity contribution < 1.29 is 28.6 Å². The van der Waals surface area contributed by atoms with Crippen LogP contribution in [0, 0.1) is 0 Å². The summed E-state index contributed by atoms with van der Waals surface area (Å²) in [6.07, 6.45) is 55.1. The Morgan fingerprint density at radius 2 is 0.443 bits per heavy atom. The third-order valence-corrected chi connectivity index (χ3v) is 12.6. The quantitative estimate of drug-likeness (QED) is 0.0344. The first kappa shape index (κ1) is 59.4. The van der Waals surface area contributed by atoms with Crippen LogP contribution in [0.5, 0.6) is 0 Å². The zero-order chi connectivity index (χ0) is 44.4. The average Bonchev–Trinajstić information content (AvgIpc) is 3.26. The standard InChI is InChI=1S/C55H106O6/c1-4-7-10-13-16-19-22-25-27-29-30-33-36-39-42-45-48-54(57)60-51-52(50-59-53(56)47-44-41-38-35-32-24-21-18-15-12-9-6-3)61-55(58)49-46-43-40-37-34-31-28-26-23-20-17-14-11-8-5-2/h52H,4-51H2,1-3H3/t52-/m0/s1. The number of carbonyl (C=O) groups excluding carboxylic acids is 3. The molecule has 362 valence electrons. The molecule has 0 saturated heterocycles. The second-order valence-corrected chi connectivity index (χ2v) is 18.9. The fourth-order valence-electron chi connectivity index (χ4n) is 8.45. The van der Waals surface area contributed by atoms with E-state index in [9.17, 15) is 14.4 Å². The Balaban J connectivity index is 4.29. The van der Waals surface area contributed by atoms with Crippen LogP contribution in [0.25, 0.3) is 0 Å². The Kier molecular flexibility index (Phi) is 49.7. The van der Waals surface area contributed by atoms with Crippen LogP contribution in [-0.2, 0) is 28.6 Å². The summed E-state index contributed by atoms with van der Waals surface area (Å²) in [7, 11) is 0. The van der Waals surface area contributed by atoms with Gasteiger partial charge in [0.15, 0.2) is 6.10 Å². The summed E-state index contributed by atoms with van der Waals surface area (Å²) in [6.45, 7) is 6.69. The molecule has 0 amide bonds. The van der Waals surface area contributed by atoms with E-state index < -0.39 is 6.10 Å². The molecular formula is C55H106O6. The first-order valence-electron chi connectivity index (χ1n) is 27.5. The number of carbonyl (C=O) groups is 3. The number of unbranched alkanes of at least 4 members (excludes halogenated alkanes) is 40. The zero-order valence-corrected chi connectivity index (χ0v) is 41.5. The van der Waals surface area contributed by atoms with Gasteiger partial charge in [0, 0.05) is 19.3 Å². The lowest BCUT2D eigenvalue weighted by Crippen LogP contribution is -2.30. The van der Waals surface area contributed by atoms with Crippen LogP contribution in [0.15, 0.2) is 0 Å². The minimum atomic E-state index is -0.760. The van der Waals surface area contributed by atoms with Gasteiger partial charge in [-0.15, -0.1) is 0 Å². The molecule has 0 aromatic heterocycles. The number of rotatable bonds is 51. The largest absolute Gasteiger partial charge is 0.462 e. The minimum absolute atomic E-state index is 0.0613. The summed E-state index contributed by atoms with van der Waals surface area (Å²) in [5.41, 5.74) is 0. The van der Waals surface area contributed by atoms with Crippen molar-refractivity contribution in [1.29, 1.82) is 0 Å². The highest BCUT2D eigenvalue weighted by molar-refractivity contribution is 5.71. The van der Waals surface area contributed by atoms with Crippen molar-refractivity contribution in [3.8, 4) is 0 Å². The summed E-state index contributed by atoms with van der Waals surface area (Å²) in [6, 6.07) is 0.